The molecule has 0 bridgehead atoms. The van der Waals surface area contributed by atoms with Crippen LogP contribution in [0.3, 0.4) is 0 Å². The molecule has 0 radical (unpaired) electrons. The number of aromatic nitrogens is 2. The Hall–Kier alpha value is -2.44. The summed E-state index contributed by atoms with van der Waals surface area (Å²) >= 11 is 0. The topological polar surface area (TPSA) is 53.4 Å². The lowest BCUT2D eigenvalue weighted by atomic mass is 10.3. The molecule has 1 aromatic heterocycles. The summed E-state index contributed by atoms with van der Waals surface area (Å²) in [6.45, 7) is 0. The molecule has 0 N–H and O–H groups in total. The standard InChI is InChI=1S/C12H10F2N2O3/c1-18-10-6-15-16(12(17)11(10)19-2)9-4-3-7(13)5-8(9)14/h3-6H,1-2H3. The molecule has 0 unspecified atom stereocenters. The lowest BCUT2D eigenvalue weighted by Gasteiger charge is -2.10. The van der Waals surface area contributed by atoms with Gasteiger partial charge in [0.1, 0.15) is 11.5 Å². The van der Waals surface area contributed by atoms with Crippen LogP contribution < -0.4 is 15.0 Å². The first-order valence-corrected chi connectivity index (χ1v) is 5.24. The Kier molecular flexibility index (Phi) is 3.46. The Balaban J connectivity index is 2.67. The third kappa shape index (κ3) is 2.26. The maximum absolute atomic E-state index is 13.6. The van der Waals surface area contributed by atoms with Gasteiger partial charge in [-0.1, -0.05) is 0 Å². The summed E-state index contributed by atoms with van der Waals surface area (Å²) in [5.41, 5.74) is -0.875. The molecule has 1 aromatic carbocycles. The van der Waals surface area contributed by atoms with Crippen molar-refractivity contribution >= 4 is 0 Å². The van der Waals surface area contributed by atoms with Crippen LogP contribution in [-0.2, 0) is 0 Å². The van der Waals surface area contributed by atoms with E-state index in [1.54, 1.807) is 0 Å². The average molecular weight is 268 g/mol. The van der Waals surface area contributed by atoms with Crippen molar-refractivity contribution in [3.63, 3.8) is 0 Å². The van der Waals surface area contributed by atoms with Crippen molar-refractivity contribution in [2.24, 2.45) is 0 Å². The number of rotatable bonds is 3. The molecule has 0 aliphatic rings. The maximum Gasteiger partial charge on any atom is 0.317 e. The number of hydrogen-bond donors (Lipinski definition) is 0. The largest absolute Gasteiger partial charge is 0.491 e. The molecule has 0 aliphatic carbocycles. The van der Waals surface area contributed by atoms with E-state index < -0.39 is 17.2 Å². The maximum atomic E-state index is 13.6. The van der Waals surface area contributed by atoms with Gasteiger partial charge in [0.15, 0.2) is 11.6 Å². The minimum Gasteiger partial charge on any atom is -0.491 e. The highest BCUT2D eigenvalue weighted by atomic mass is 19.1. The fourth-order valence-corrected chi connectivity index (χ4v) is 1.58. The number of halogens is 2. The quantitative estimate of drug-likeness (QED) is 0.847. The molecule has 0 spiro atoms. The molecular weight excluding hydrogens is 258 g/mol. The van der Waals surface area contributed by atoms with Crippen LogP contribution in [0.5, 0.6) is 11.5 Å². The lowest BCUT2D eigenvalue weighted by molar-refractivity contribution is 0.344. The molecule has 5 nitrogen and oxygen atoms in total. The summed E-state index contributed by atoms with van der Waals surface area (Å²) in [5, 5.41) is 3.76. The van der Waals surface area contributed by atoms with E-state index in [0.29, 0.717) is 6.07 Å². The van der Waals surface area contributed by atoms with Crippen LogP contribution in [0.15, 0.2) is 29.2 Å². The van der Waals surface area contributed by atoms with Crippen LogP contribution in [0.1, 0.15) is 0 Å². The van der Waals surface area contributed by atoms with Gasteiger partial charge >= 0.3 is 5.56 Å². The summed E-state index contributed by atoms with van der Waals surface area (Å²) in [7, 11) is 2.63. The SMILES string of the molecule is COc1cnn(-c2ccc(F)cc2F)c(=O)c1OC. The van der Waals surface area contributed by atoms with Gasteiger partial charge in [-0.2, -0.15) is 9.78 Å². The Morgan fingerprint density at radius 1 is 1.21 bits per heavy atom. The fourth-order valence-electron chi connectivity index (χ4n) is 1.58. The van der Waals surface area contributed by atoms with Gasteiger partial charge in [-0.3, -0.25) is 4.79 Å². The summed E-state index contributed by atoms with van der Waals surface area (Å²) in [6, 6.07) is 2.81. The zero-order valence-electron chi connectivity index (χ0n) is 10.2. The van der Waals surface area contributed by atoms with E-state index >= 15 is 0 Å². The van der Waals surface area contributed by atoms with Gasteiger partial charge in [0.05, 0.1) is 20.4 Å². The number of benzene rings is 1. The Bertz CT molecular complexity index is 671. The summed E-state index contributed by atoms with van der Waals surface area (Å²) in [5.74, 6) is -1.62. The zero-order valence-corrected chi connectivity index (χ0v) is 10.2. The van der Waals surface area contributed by atoms with Crippen molar-refractivity contribution in [3.05, 3.63) is 46.4 Å². The minimum absolute atomic E-state index is 0.110. The van der Waals surface area contributed by atoms with E-state index in [2.05, 4.69) is 5.10 Å². The minimum atomic E-state index is -0.901. The van der Waals surface area contributed by atoms with Crippen LogP contribution in [0.25, 0.3) is 5.69 Å². The molecule has 100 valence electrons. The fraction of sp³-hybridized carbons (Fsp3) is 0.167. The second kappa shape index (κ2) is 5.05. The van der Waals surface area contributed by atoms with Crippen molar-refractivity contribution in [2.75, 3.05) is 14.2 Å². The number of ether oxygens (including phenoxy) is 2. The third-order valence-electron chi connectivity index (χ3n) is 2.46. The molecule has 0 fully saturated rings. The first-order valence-electron chi connectivity index (χ1n) is 5.24. The number of hydrogen-bond acceptors (Lipinski definition) is 4. The van der Waals surface area contributed by atoms with Gasteiger partial charge in [0.25, 0.3) is 0 Å². The van der Waals surface area contributed by atoms with E-state index in [9.17, 15) is 13.6 Å². The molecular formula is C12H10F2N2O3. The van der Waals surface area contributed by atoms with E-state index in [4.69, 9.17) is 9.47 Å². The van der Waals surface area contributed by atoms with Crippen molar-refractivity contribution in [2.45, 2.75) is 0 Å². The molecule has 2 aromatic rings. The van der Waals surface area contributed by atoms with Gasteiger partial charge in [0, 0.05) is 6.07 Å². The first-order chi connectivity index (χ1) is 9.08. The van der Waals surface area contributed by atoms with Crippen molar-refractivity contribution in [1.82, 2.24) is 9.78 Å². The highest BCUT2D eigenvalue weighted by molar-refractivity contribution is 5.39. The summed E-state index contributed by atoms with van der Waals surface area (Å²) in [4.78, 5) is 12.1. The smallest absolute Gasteiger partial charge is 0.317 e. The molecule has 2 rings (SSSR count). The van der Waals surface area contributed by atoms with Gasteiger partial charge in [-0.15, -0.1) is 0 Å². The predicted molar refractivity (Wildman–Crippen MR) is 62.9 cm³/mol. The second-order valence-electron chi connectivity index (χ2n) is 3.56. The first kappa shape index (κ1) is 13.0. The van der Waals surface area contributed by atoms with Crippen LogP contribution in [0, 0.1) is 11.6 Å². The van der Waals surface area contributed by atoms with Gasteiger partial charge in [-0.25, -0.2) is 8.78 Å². The Morgan fingerprint density at radius 2 is 1.95 bits per heavy atom. The zero-order chi connectivity index (χ0) is 14.0. The Morgan fingerprint density at radius 3 is 2.53 bits per heavy atom. The molecule has 1 heterocycles. The predicted octanol–water partition coefficient (Wildman–Crippen LogP) is 1.53. The van der Waals surface area contributed by atoms with Crippen LogP contribution >= 0.6 is 0 Å². The van der Waals surface area contributed by atoms with Crippen molar-refractivity contribution in [1.29, 1.82) is 0 Å². The summed E-state index contributed by atoms with van der Waals surface area (Å²) in [6.07, 6.45) is 1.21. The van der Waals surface area contributed by atoms with Gasteiger partial charge < -0.3 is 9.47 Å². The van der Waals surface area contributed by atoms with Crippen molar-refractivity contribution < 1.29 is 18.3 Å². The van der Waals surface area contributed by atoms with E-state index in [1.165, 1.54) is 20.4 Å². The number of methoxy groups -OCH3 is 2. The normalized spacial score (nSPS) is 10.3. The third-order valence-corrected chi connectivity index (χ3v) is 2.46. The molecule has 0 aliphatic heterocycles. The average Bonchev–Trinajstić information content (AvgIpc) is 2.39. The molecule has 0 saturated carbocycles. The Labute approximate surface area is 107 Å². The molecule has 0 atom stereocenters. The molecule has 7 heteroatoms. The van der Waals surface area contributed by atoms with Crippen LogP contribution in [-0.4, -0.2) is 24.0 Å². The van der Waals surface area contributed by atoms with E-state index in [1.807, 2.05) is 0 Å². The lowest BCUT2D eigenvalue weighted by Crippen LogP contribution is -2.23. The molecule has 0 saturated heterocycles. The van der Waals surface area contributed by atoms with E-state index in [0.717, 1.165) is 16.8 Å². The molecule has 0 amide bonds. The molecule has 19 heavy (non-hydrogen) atoms. The summed E-state index contributed by atoms with van der Waals surface area (Å²) < 4.78 is 37.0. The van der Waals surface area contributed by atoms with Crippen LogP contribution in [0.4, 0.5) is 8.78 Å². The van der Waals surface area contributed by atoms with Gasteiger partial charge in [-0.05, 0) is 12.1 Å². The van der Waals surface area contributed by atoms with E-state index in [-0.39, 0.29) is 17.2 Å². The monoisotopic (exact) mass is 268 g/mol. The highest BCUT2D eigenvalue weighted by Crippen LogP contribution is 2.21. The van der Waals surface area contributed by atoms with Crippen LogP contribution in [0.2, 0.25) is 0 Å². The number of nitrogens with zero attached hydrogens (tertiary/aromatic N) is 2. The second-order valence-corrected chi connectivity index (χ2v) is 3.56. The van der Waals surface area contributed by atoms with Gasteiger partial charge in [0.2, 0.25) is 5.75 Å². The highest BCUT2D eigenvalue weighted by Gasteiger charge is 2.16. The van der Waals surface area contributed by atoms with Crippen molar-refractivity contribution in [3.8, 4) is 17.2 Å².